The van der Waals surface area contributed by atoms with Gasteiger partial charge in [-0.2, -0.15) is 9.36 Å². The summed E-state index contributed by atoms with van der Waals surface area (Å²) in [7, 11) is 0.485. The van der Waals surface area contributed by atoms with Crippen LogP contribution in [0.5, 0.6) is 0 Å². The van der Waals surface area contributed by atoms with E-state index in [4.69, 9.17) is 11.2 Å². The molecular weight excluding hydrogens is 300 g/mol. The SMILES string of the molecule is C=C1C=CC(=Nc2ccc(N(C)CC)cc2[S-](=O)=S)C=C1. The second-order valence-electron chi connectivity index (χ2n) is 4.68. The van der Waals surface area contributed by atoms with Crippen LogP contribution in [-0.4, -0.2) is 19.3 Å². The largest absolute Gasteiger partial charge is 0.447 e. The van der Waals surface area contributed by atoms with Gasteiger partial charge in [0.05, 0.1) is 5.71 Å². The summed E-state index contributed by atoms with van der Waals surface area (Å²) in [5.74, 6) is 0. The topological polar surface area (TPSA) is 32.7 Å². The number of nitrogens with zero attached hydrogens (tertiary/aromatic N) is 2. The smallest absolute Gasteiger partial charge is 0.0636 e. The molecule has 1 aromatic rings. The summed E-state index contributed by atoms with van der Waals surface area (Å²) in [6.45, 7) is 6.77. The van der Waals surface area contributed by atoms with Crippen LogP contribution in [0, 0.1) is 0 Å². The second-order valence-corrected chi connectivity index (χ2v) is 6.50. The molecule has 0 amide bonds. The van der Waals surface area contributed by atoms with Gasteiger partial charge in [-0.05, 0) is 36.8 Å². The monoisotopic (exact) mass is 317 g/mol. The molecule has 1 aliphatic carbocycles. The Morgan fingerprint density at radius 3 is 2.52 bits per heavy atom. The van der Waals surface area contributed by atoms with Gasteiger partial charge in [0.2, 0.25) is 0 Å². The van der Waals surface area contributed by atoms with E-state index in [9.17, 15) is 4.21 Å². The van der Waals surface area contributed by atoms with E-state index in [0.717, 1.165) is 23.5 Å². The predicted octanol–water partition coefficient (Wildman–Crippen LogP) is 3.68. The minimum Gasteiger partial charge on any atom is -0.447 e. The molecule has 0 fully saturated rings. The average Bonchev–Trinajstić information content (AvgIpc) is 2.49. The van der Waals surface area contributed by atoms with Crippen molar-refractivity contribution in [2.45, 2.75) is 11.8 Å². The minimum atomic E-state index is -1.50. The summed E-state index contributed by atoms with van der Waals surface area (Å²) in [5, 5.41) is 0. The van der Waals surface area contributed by atoms with Crippen LogP contribution in [0.2, 0.25) is 0 Å². The molecule has 0 saturated heterocycles. The van der Waals surface area contributed by atoms with Crippen molar-refractivity contribution >= 4 is 37.6 Å². The van der Waals surface area contributed by atoms with Gasteiger partial charge < -0.3 is 9.11 Å². The Kier molecular flexibility index (Phi) is 5.09. The van der Waals surface area contributed by atoms with Gasteiger partial charge in [0, 0.05) is 25.0 Å². The van der Waals surface area contributed by atoms with Crippen molar-refractivity contribution in [1.29, 1.82) is 0 Å². The predicted molar refractivity (Wildman–Crippen MR) is 93.6 cm³/mol. The maximum absolute atomic E-state index is 11.8. The van der Waals surface area contributed by atoms with Crippen LogP contribution in [0.15, 0.2) is 64.5 Å². The fourth-order valence-corrected chi connectivity index (χ4v) is 2.76. The third kappa shape index (κ3) is 3.89. The Labute approximate surface area is 132 Å². The average molecular weight is 317 g/mol. The van der Waals surface area contributed by atoms with Crippen molar-refractivity contribution in [2.24, 2.45) is 4.99 Å². The molecular formula is C16H17N2OS2-. The molecule has 0 heterocycles. The molecule has 3 nitrogen and oxygen atoms in total. The number of aliphatic imine (C=N–C) groups is 1. The first-order chi connectivity index (χ1) is 10.0. The van der Waals surface area contributed by atoms with Crippen LogP contribution in [-0.2, 0) is 24.8 Å². The quantitative estimate of drug-likeness (QED) is 0.794. The summed E-state index contributed by atoms with van der Waals surface area (Å²) in [6, 6.07) is 5.67. The number of rotatable bonds is 4. The molecule has 5 heteroatoms. The first-order valence-corrected chi connectivity index (χ1v) is 8.67. The third-order valence-electron chi connectivity index (χ3n) is 3.22. The van der Waals surface area contributed by atoms with Crippen molar-refractivity contribution < 1.29 is 4.21 Å². The lowest BCUT2D eigenvalue weighted by atomic mass is 10.1. The minimum absolute atomic E-state index is 0.571. The maximum Gasteiger partial charge on any atom is 0.0636 e. The van der Waals surface area contributed by atoms with E-state index in [1.807, 2.05) is 49.6 Å². The van der Waals surface area contributed by atoms with Crippen molar-refractivity contribution in [3.05, 3.63) is 54.7 Å². The summed E-state index contributed by atoms with van der Waals surface area (Å²) in [6.07, 6.45) is 7.54. The molecule has 0 aliphatic heterocycles. The Hall–Kier alpha value is -1.72. The van der Waals surface area contributed by atoms with Crippen molar-refractivity contribution in [3.8, 4) is 0 Å². The third-order valence-corrected chi connectivity index (χ3v) is 4.45. The maximum atomic E-state index is 11.8. The molecule has 0 N–H and O–H groups in total. The van der Waals surface area contributed by atoms with E-state index >= 15 is 0 Å². The van der Waals surface area contributed by atoms with E-state index in [2.05, 4.69) is 23.4 Å². The normalized spacial score (nSPS) is 13.9. The molecule has 0 unspecified atom stereocenters. The number of benzene rings is 1. The van der Waals surface area contributed by atoms with Crippen molar-refractivity contribution in [2.75, 3.05) is 18.5 Å². The Morgan fingerprint density at radius 1 is 1.29 bits per heavy atom. The lowest BCUT2D eigenvalue weighted by Gasteiger charge is -2.19. The van der Waals surface area contributed by atoms with Gasteiger partial charge in [-0.1, -0.05) is 29.7 Å². The zero-order valence-corrected chi connectivity index (χ0v) is 13.7. The molecule has 1 aromatic carbocycles. The van der Waals surface area contributed by atoms with E-state index in [-0.39, 0.29) is 0 Å². The zero-order valence-electron chi connectivity index (χ0n) is 12.1. The van der Waals surface area contributed by atoms with Crippen molar-refractivity contribution in [3.63, 3.8) is 0 Å². The van der Waals surface area contributed by atoms with Gasteiger partial charge in [-0.15, -0.1) is 0 Å². The Morgan fingerprint density at radius 2 is 1.95 bits per heavy atom. The lowest BCUT2D eigenvalue weighted by molar-refractivity contribution is 0.604. The summed E-state index contributed by atoms with van der Waals surface area (Å²) < 4.78 is 11.8. The molecule has 0 radical (unpaired) electrons. The number of anilines is 1. The highest BCUT2D eigenvalue weighted by Gasteiger charge is 2.03. The molecule has 0 aromatic heterocycles. The lowest BCUT2D eigenvalue weighted by Crippen LogP contribution is -2.15. The second kappa shape index (κ2) is 6.83. The van der Waals surface area contributed by atoms with Gasteiger partial charge in [-0.25, -0.2) is 11.2 Å². The van der Waals surface area contributed by atoms with Crippen LogP contribution >= 0.6 is 0 Å². The summed E-state index contributed by atoms with van der Waals surface area (Å²) >= 11 is 4.94. The van der Waals surface area contributed by atoms with E-state index in [1.54, 1.807) is 0 Å². The first-order valence-electron chi connectivity index (χ1n) is 6.59. The number of allylic oxidation sites excluding steroid dienone is 5. The summed E-state index contributed by atoms with van der Waals surface area (Å²) in [4.78, 5) is 7.16. The fraction of sp³-hybridized carbons (Fsp3) is 0.188. The van der Waals surface area contributed by atoms with Crippen LogP contribution in [0.3, 0.4) is 0 Å². The van der Waals surface area contributed by atoms with Crippen LogP contribution < -0.4 is 4.90 Å². The van der Waals surface area contributed by atoms with Gasteiger partial charge in [0.25, 0.3) is 0 Å². The van der Waals surface area contributed by atoms with Crippen LogP contribution in [0.1, 0.15) is 6.92 Å². The Bertz CT molecular complexity index is 702. The van der Waals surface area contributed by atoms with E-state index in [0.29, 0.717) is 10.6 Å². The molecule has 2 rings (SSSR count). The highest BCUT2D eigenvalue weighted by molar-refractivity contribution is 8.21. The van der Waals surface area contributed by atoms with Gasteiger partial charge in [0.1, 0.15) is 0 Å². The van der Waals surface area contributed by atoms with E-state index in [1.165, 1.54) is 0 Å². The number of hydrogen-bond acceptors (Lipinski definition) is 5. The molecule has 0 spiro atoms. The fourth-order valence-electron chi connectivity index (χ4n) is 1.86. The molecule has 1 aliphatic rings. The standard InChI is InChI=1S/C16H17N2OS2/c1-4-18(3)14-9-10-15(16(11-14)21(19)20)17-13-7-5-12(2)6-8-13/h5-11H,2,4H2,1,3H3/q-1. The van der Waals surface area contributed by atoms with Crippen molar-refractivity contribution in [1.82, 2.24) is 0 Å². The molecule has 0 bridgehead atoms. The van der Waals surface area contributed by atoms with Gasteiger partial charge >= 0.3 is 0 Å². The van der Waals surface area contributed by atoms with Gasteiger partial charge in [0.15, 0.2) is 0 Å². The zero-order chi connectivity index (χ0) is 15.4. The van der Waals surface area contributed by atoms with Gasteiger partial charge in [-0.3, -0.25) is 4.99 Å². The number of hydrogen-bond donors (Lipinski definition) is 0. The highest BCUT2D eigenvalue weighted by atomic mass is 32.8. The highest BCUT2D eigenvalue weighted by Crippen LogP contribution is 2.27. The molecule has 0 atom stereocenters. The summed E-state index contributed by atoms with van der Waals surface area (Å²) in [5.41, 5.74) is 3.35. The van der Waals surface area contributed by atoms with Crippen LogP contribution in [0.4, 0.5) is 11.4 Å². The van der Waals surface area contributed by atoms with Crippen LogP contribution in [0.25, 0.3) is 0 Å². The molecule has 110 valence electrons. The molecule has 0 saturated carbocycles. The molecule has 21 heavy (non-hydrogen) atoms. The first kappa shape index (κ1) is 15.7. The Balaban J connectivity index is 2.45. The van der Waals surface area contributed by atoms with E-state index < -0.39 is 9.36 Å².